The molecule has 5 N–H and O–H groups in total. The molecule has 6 heteroatoms. The maximum atomic E-state index is 12.1. The Morgan fingerprint density at radius 2 is 2.00 bits per heavy atom. The van der Waals surface area contributed by atoms with Crippen LogP contribution in [0.4, 0.5) is 4.79 Å². The molecule has 1 aliphatic rings. The van der Waals surface area contributed by atoms with Crippen molar-refractivity contribution >= 4 is 11.9 Å². The first kappa shape index (κ1) is 15.8. The molecular weight excluding hydrogens is 244 g/mol. The Morgan fingerprint density at radius 3 is 2.53 bits per heavy atom. The van der Waals surface area contributed by atoms with E-state index in [0.29, 0.717) is 19.6 Å². The summed E-state index contributed by atoms with van der Waals surface area (Å²) in [6, 6.07) is -0.451. The molecule has 6 nitrogen and oxygen atoms in total. The van der Waals surface area contributed by atoms with Crippen LogP contribution in [0.25, 0.3) is 0 Å². The molecule has 0 aromatic carbocycles. The highest BCUT2D eigenvalue weighted by molar-refractivity contribution is 5.80. The zero-order valence-electron chi connectivity index (χ0n) is 11.9. The zero-order valence-corrected chi connectivity index (χ0v) is 11.9. The lowest BCUT2D eigenvalue weighted by atomic mass is 9.93. The van der Waals surface area contributed by atoms with Crippen molar-refractivity contribution in [2.75, 3.05) is 19.6 Å². The average Bonchev–Trinajstić information content (AvgIpc) is 2.44. The van der Waals surface area contributed by atoms with Gasteiger partial charge in [-0.05, 0) is 25.7 Å². The molecule has 1 atom stereocenters. The van der Waals surface area contributed by atoms with Crippen molar-refractivity contribution in [3.05, 3.63) is 0 Å². The van der Waals surface area contributed by atoms with Gasteiger partial charge in [0.15, 0.2) is 0 Å². The van der Waals surface area contributed by atoms with Crippen molar-refractivity contribution in [1.29, 1.82) is 0 Å². The maximum absolute atomic E-state index is 12.1. The Hall–Kier alpha value is -1.30. The summed E-state index contributed by atoms with van der Waals surface area (Å²) in [6.45, 7) is 5.57. The van der Waals surface area contributed by atoms with Crippen LogP contribution in [0.3, 0.4) is 0 Å². The van der Waals surface area contributed by atoms with Gasteiger partial charge in [0.05, 0.1) is 5.92 Å². The lowest BCUT2D eigenvalue weighted by Crippen LogP contribution is -2.52. The van der Waals surface area contributed by atoms with Crippen molar-refractivity contribution in [3.8, 4) is 0 Å². The number of nitrogens with zero attached hydrogens (tertiary/aromatic N) is 1. The fraction of sp³-hybridized carbons (Fsp3) is 0.846. The van der Waals surface area contributed by atoms with Crippen molar-refractivity contribution < 1.29 is 9.59 Å². The largest absolute Gasteiger partial charge is 0.354 e. The molecule has 1 heterocycles. The van der Waals surface area contributed by atoms with E-state index in [1.54, 1.807) is 0 Å². The summed E-state index contributed by atoms with van der Waals surface area (Å²) in [5.41, 5.74) is 11.1. The molecule has 0 aromatic rings. The summed E-state index contributed by atoms with van der Waals surface area (Å²) in [5, 5.41) is 2.91. The minimum Gasteiger partial charge on any atom is -0.354 e. The Labute approximate surface area is 114 Å². The van der Waals surface area contributed by atoms with Crippen molar-refractivity contribution in [1.82, 2.24) is 10.2 Å². The number of primary amides is 1. The molecular formula is C13H26N4O2. The SMILES string of the molecule is CCC(N)(CC)CNC(=O)C1CCCN(C(N)=O)C1. The fourth-order valence-electron chi connectivity index (χ4n) is 2.30. The van der Waals surface area contributed by atoms with Crippen LogP contribution in [-0.4, -0.2) is 42.0 Å². The molecule has 1 saturated heterocycles. The van der Waals surface area contributed by atoms with Crippen molar-refractivity contribution in [2.45, 2.75) is 45.1 Å². The number of hydrogen-bond donors (Lipinski definition) is 3. The van der Waals surface area contributed by atoms with E-state index in [-0.39, 0.29) is 17.4 Å². The number of rotatable bonds is 5. The van der Waals surface area contributed by atoms with E-state index >= 15 is 0 Å². The lowest BCUT2D eigenvalue weighted by Gasteiger charge is -2.32. The molecule has 1 fully saturated rings. The monoisotopic (exact) mass is 270 g/mol. The third-order valence-electron chi connectivity index (χ3n) is 4.13. The topological polar surface area (TPSA) is 101 Å². The smallest absolute Gasteiger partial charge is 0.314 e. The first-order chi connectivity index (χ1) is 8.91. The third-order valence-corrected chi connectivity index (χ3v) is 4.13. The number of piperidine rings is 1. The van der Waals surface area contributed by atoms with Gasteiger partial charge < -0.3 is 21.7 Å². The number of amides is 3. The van der Waals surface area contributed by atoms with E-state index < -0.39 is 6.03 Å². The molecule has 1 unspecified atom stereocenters. The molecule has 110 valence electrons. The first-order valence-electron chi connectivity index (χ1n) is 7.03. The predicted octanol–water partition coefficient (Wildman–Crippen LogP) is 0.411. The van der Waals surface area contributed by atoms with Gasteiger partial charge in [0.1, 0.15) is 0 Å². The van der Waals surface area contributed by atoms with E-state index in [9.17, 15) is 9.59 Å². The number of urea groups is 1. The first-order valence-corrected chi connectivity index (χ1v) is 7.03. The number of carbonyl (C=O) groups excluding carboxylic acids is 2. The number of hydrogen-bond acceptors (Lipinski definition) is 3. The van der Waals surface area contributed by atoms with Gasteiger partial charge in [-0.2, -0.15) is 0 Å². The molecule has 19 heavy (non-hydrogen) atoms. The number of nitrogens with two attached hydrogens (primary N) is 2. The van der Waals surface area contributed by atoms with Crippen LogP contribution >= 0.6 is 0 Å². The Bertz CT molecular complexity index is 329. The van der Waals surface area contributed by atoms with E-state index in [4.69, 9.17) is 11.5 Å². The highest BCUT2D eigenvalue weighted by Gasteiger charge is 2.29. The maximum Gasteiger partial charge on any atom is 0.314 e. The van der Waals surface area contributed by atoms with Crippen LogP contribution < -0.4 is 16.8 Å². The molecule has 0 aromatic heterocycles. The predicted molar refractivity (Wildman–Crippen MR) is 74.4 cm³/mol. The van der Waals surface area contributed by atoms with E-state index in [1.807, 2.05) is 13.8 Å². The molecule has 3 amide bonds. The summed E-state index contributed by atoms with van der Waals surface area (Å²) in [6.07, 6.45) is 3.26. The Kier molecular flexibility index (Phi) is 5.60. The molecule has 0 bridgehead atoms. The molecule has 0 radical (unpaired) electrons. The quantitative estimate of drug-likeness (QED) is 0.674. The van der Waals surface area contributed by atoms with Gasteiger partial charge >= 0.3 is 6.03 Å². The molecule has 0 spiro atoms. The van der Waals surface area contributed by atoms with Crippen LogP contribution in [0.2, 0.25) is 0 Å². The Balaban J connectivity index is 2.47. The third kappa shape index (κ3) is 4.38. The van der Waals surface area contributed by atoms with Crippen LogP contribution in [0.1, 0.15) is 39.5 Å². The molecule has 0 aliphatic carbocycles. The minimum absolute atomic E-state index is 0.0253. The van der Waals surface area contributed by atoms with Gasteiger partial charge in [-0.25, -0.2) is 4.79 Å². The van der Waals surface area contributed by atoms with E-state index in [0.717, 1.165) is 25.7 Å². The van der Waals surface area contributed by atoms with Crippen LogP contribution in [0.15, 0.2) is 0 Å². The normalized spacial score (nSPS) is 20.2. The average molecular weight is 270 g/mol. The highest BCUT2D eigenvalue weighted by Crippen LogP contribution is 2.17. The van der Waals surface area contributed by atoms with Gasteiger partial charge in [0.2, 0.25) is 5.91 Å². The second kappa shape index (κ2) is 6.75. The standard InChI is InChI=1S/C13H26N4O2/c1-3-13(15,4-2)9-16-11(18)10-6-5-7-17(8-10)12(14)19/h10H,3-9,15H2,1-2H3,(H2,14,19)(H,16,18). The lowest BCUT2D eigenvalue weighted by molar-refractivity contribution is -0.126. The summed E-state index contributed by atoms with van der Waals surface area (Å²) < 4.78 is 0. The Morgan fingerprint density at radius 1 is 1.37 bits per heavy atom. The highest BCUT2D eigenvalue weighted by atomic mass is 16.2. The van der Waals surface area contributed by atoms with Gasteiger partial charge in [0, 0.05) is 25.2 Å². The van der Waals surface area contributed by atoms with Crippen molar-refractivity contribution in [3.63, 3.8) is 0 Å². The molecule has 1 aliphatic heterocycles. The van der Waals surface area contributed by atoms with Crippen LogP contribution in [-0.2, 0) is 4.79 Å². The van der Waals surface area contributed by atoms with E-state index in [1.165, 1.54) is 4.90 Å². The second-order valence-electron chi connectivity index (χ2n) is 5.41. The summed E-state index contributed by atoms with van der Waals surface area (Å²) in [7, 11) is 0. The van der Waals surface area contributed by atoms with Crippen LogP contribution in [0, 0.1) is 5.92 Å². The van der Waals surface area contributed by atoms with Gasteiger partial charge in [-0.3, -0.25) is 4.79 Å². The minimum atomic E-state index is -0.451. The fourth-order valence-corrected chi connectivity index (χ4v) is 2.30. The van der Waals surface area contributed by atoms with E-state index in [2.05, 4.69) is 5.32 Å². The van der Waals surface area contributed by atoms with Crippen LogP contribution in [0.5, 0.6) is 0 Å². The summed E-state index contributed by atoms with van der Waals surface area (Å²) >= 11 is 0. The number of likely N-dealkylation sites (tertiary alicyclic amines) is 1. The van der Waals surface area contributed by atoms with Gasteiger partial charge in [-0.1, -0.05) is 13.8 Å². The number of carbonyl (C=O) groups is 2. The second-order valence-corrected chi connectivity index (χ2v) is 5.41. The molecule has 1 rings (SSSR count). The summed E-state index contributed by atoms with van der Waals surface area (Å²) in [5.74, 6) is -0.193. The molecule has 0 saturated carbocycles. The van der Waals surface area contributed by atoms with Gasteiger partial charge in [-0.15, -0.1) is 0 Å². The zero-order chi connectivity index (χ0) is 14.5. The van der Waals surface area contributed by atoms with Gasteiger partial charge in [0.25, 0.3) is 0 Å². The number of nitrogens with one attached hydrogen (secondary N) is 1. The van der Waals surface area contributed by atoms with Crippen molar-refractivity contribution in [2.24, 2.45) is 17.4 Å². The summed E-state index contributed by atoms with van der Waals surface area (Å²) in [4.78, 5) is 24.8.